The van der Waals surface area contributed by atoms with E-state index in [1.54, 1.807) is 0 Å². The molecule has 311 valence electrons. The van der Waals surface area contributed by atoms with Crippen molar-refractivity contribution in [2.24, 2.45) is 5.41 Å². The van der Waals surface area contributed by atoms with E-state index in [2.05, 4.69) is 140 Å². The zero-order chi connectivity index (χ0) is 44.2. The van der Waals surface area contributed by atoms with Gasteiger partial charge in [0.05, 0.1) is 36.2 Å². The molecular weight excluding hydrogens is 941 g/mol. The number of imidazole rings is 1. The second kappa shape index (κ2) is 17.1. The average molecular weight is 997 g/mol. The van der Waals surface area contributed by atoms with E-state index in [0.717, 1.165) is 83.3 Å². The van der Waals surface area contributed by atoms with E-state index >= 15 is 0 Å². The van der Waals surface area contributed by atoms with Gasteiger partial charge in [-0.3, -0.25) is 4.98 Å². The minimum absolute atomic E-state index is 0. The summed E-state index contributed by atoms with van der Waals surface area (Å²) in [6, 6.07) is 49.9. The number of furan rings is 1. The molecule has 9 aromatic rings. The topological polar surface area (TPSA) is 56.7 Å². The van der Waals surface area contributed by atoms with Gasteiger partial charge in [0.25, 0.3) is 0 Å². The van der Waals surface area contributed by atoms with Crippen LogP contribution in [0.4, 0.5) is 0 Å². The second-order valence-electron chi connectivity index (χ2n) is 18.6. The fourth-order valence-corrected chi connectivity index (χ4v) is 9.20. The number of hydrogen-bond acceptors (Lipinski definition) is 4. The molecule has 5 nitrogen and oxygen atoms in total. The predicted octanol–water partition coefficient (Wildman–Crippen LogP) is 13.7. The van der Waals surface area contributed by atoms with Crippen molar-refractivity contribution in [3.8, 4) is 39.5 Å². The maximum Gasteiger partial charge on any atom is 0.216 e. The Morgan fingerprint density at radius 1 is 0.754 bits per heavy atom. The van der Waals surface area contributed by atoms with Crippen molar-refractivity contribution in [2.75, 3.05) is 0 Å². The first-order chi connectivity index (χ1) is 29.3. The number of para-hydroxylation sites is 3. The Bertz CT molecular complexity index is 3070. The van der Waals surface area contributed by atoms with Crippen molar-refractivity contribution in [3.63, 3.8) is 0 Å². The maximum absolute atomic E-state index is 8.75. The molecule has 0 spiro atoms. The summed E-state index contributed by atoms with van der Waals surface area (Å²) < 4.78 is 26.2. The molecule has 0 N–H and O–H groups in total. The molecule has 0 aliphatic carbocycles. The van der Waals surface area contributed by atoms with Crippen molar-refractivity contribution >= 4 is 46.4 Å². The number of rotatable bonds is 6. The number of aromatic nitrogens is 4. The Balaban J connectivity index is 0.000000213. The summed E-state index contributed by atoms with van der Waals surface area (Å²) in [6.45, 7) is 21.3. The first-order valence-electron chi connectivity index (χ1n) is 21.7. The number of hydrogen-bond donors (Lipinski definition) is 0. The Morgan fingerprint density at radius 2 is 1.49 bits per heavy atom. The molecule has 7 heteroatoms. The van der Waals surface area contributed by atoms with E-state index in [9.17, 15) is 0 Å². The van der Waals surface area contributed by atoms with Gasteiger partial charge in [0.2, 0.25) is 5.71 Å². The van der Waals surface area contributed by atoms with Crippen molar-refractivity contribution in [1.29, 1.82) is 0 Å². The van der Waals surface area contributed by atoms with E-state index < -0.39 is 19.9 Å². The fourth-order valence-electron chi connectivity index (χ4n) is 7.80. The summed E-state index contributed by atoms with van der Waals surface area (Å²) in [7, 11) is -1.70. The van der Waals surface area contributed by atoms with Gasteiger partial charge < -0.3 is 14.0 Å². The van der Waals surface area contributed by atoms with Crippen LogP contribution in [0.5, 0.6) is 0 Å². The molecule has 0 fully saturated rings. The summed E-state index contributed by atoms with van der Waals surface area (Å²) in [4.78, 5) is 14.5. The molecular formula is C54H54IrN4OSi-2. The monoisotopic (exact) mass is 997 g/mol. The number of pyridine rings is 2. The van der Waals surface area contributed by atoms with Crippen LogP contribution in [-0.4, -0.2) is 27.6 Å². The summed E-state index contributed by atoms with van der Waals surface area (Å²) in [5.41, 5.74) is 11.6. The summed E-state index contributed by atoms with van der Waals surface area (Å²) >= 11 is 0. The molecule has 0 aliphatic rings. The number of benzene rings is 5. The zero-order valence-corrected chi connectivity index (χ0v) is 40.1. The van der Waals surface area contributed by atoms with Crippen LogP contribution in [0.3, 0.4) is 0 Å². The smallest absolute Gasteiger partial charge is 0.216 e. The third-order valence-electron chi connectivity index (χ3n) is 10.6. The van der Waals surface area contributed by atoms with E-state index in [1.165, 1.54) is 5.56 Å². The molecule has 9 rings (SSSR count). The Labute approximate surface area is 378 Å². The van der Waals surface area contributed by atoms with Crippen molar-refractivity contribution in [1.82, 2.24) is 19.5 Å². The van der Waals surface area contributed by atoms with Crippen molar-refractivity contribution in [3.05, 3.63) is 163 Å². The van der Waals surface area contributed by atoms with Gasteiger partial charge in [-0.25, -0.2) is 4.98 Å². The van der Waals surface area contributed by atoms with E-state index in [4.69, 9.17) is 12.1 Å². The Morgan fingerprint density at radius 3 is 2.20 bits per heavy atom. The maximum atomic E-state index is 8.75. The second-order valence-corrected chi connectivity index (χ2v) is 23.6. The van der Waals surface area contributed by atoms with Crippen LogP contribution in [0.2, 0.25) is 19.6 Å². The molecule has 0 saturated heterocycles. The van der Waals surface area contributed by atoms with Gasteiger partial charge in [0.1, 0.15) is 0 Å². The SMILES string of the molecule is Cc1ccc2c(n1)oc1c(-c3nc4ccccc4n3-c3c(-c4ccccc4)cccc3C(C)(C)C)[c-]ccc12.[2H]C([2H])(c1cc(-c2[c-]cccc2)ncc1[Si](C)(C)C)C(C)(C)C.[Ir]. The van der Waals surface area contributed by atoms with E-state index in [1.807, 2.05) is 88.5 Å². The number of fused-ring (bicyclic) bond motifs is 4. The zero-order valence-electron chi connectivity index (χ0n) is 38.7. The van der Waals surface area contributed by atoms with Gasteiger partial charge >= 0.3 is 0 Å². The molecule has 4 heterocycles. The van der Waals surface area contributed by atoms with Crippen LogP contribution >= 0.6 is 0 Å². The minimum atomic E-state index is -1.70. The van der Waals surface area contributed by atoms with Crippen LogP contribution in [0.25, 0.3) is 72.6 Å². The molecule has 5 aromatic carbocycles. The Kier molecular flexibility index (Phi) is 11.5. The molecule has 1 radical (unpaired) electrons. The summed E-state index contributed by atoms with van der Waals surface area (Å²) in [6.07, 6.45) is 0.469. The molecule has 0 aliphatic heterocycles. The number of aryl methyl sites for hydroxylation is 1. The summed E-state index contributed by atoms with van der Waals surface area (Å²) in [5.74, 6) is 0.798. The third kappa shape index (κ3) is 9.11. The first kappa shape index (κ1) is 40.9. The third-order valence-corrected chi connectivity index (χ3v) is 12.6. The van der Waals surface area contributed by atoms with Crippen LogP contribution in [0, 0.1) is 24.5 Å². The van der Waals surface area contributed by atoms with E-state index in [0.29, 0.717) is 5.71 Å². The van der Waals surface area contributed by atoms with Gasteiger partial charge in [-0.1, -0.05) is 144 Å². The van der Waals surface area contributed by atoms with E-state index in [-0.39, 0.29) is 25.5 Å². The largest absolute Gasteiger partial charge is 0.486 e. The molecule has 4 aromatic heterocycles. The normalized spacial score (nSPS) is 12.8. The van der Waals surface area contributed by atoms with Gasteiger partial charge in [-0.15, -0.1) is 54.1 Å². The van der Waals surface area contributed by atoms with Gasteiger partial charge in [-0.2, -0.15) is 0 Å². The molecule has 0 bridgehead atoms. The average Bonchev–Trinajstić information content (AvgIpc) is 3.81. The number of nitrogens with zero attached hydrogens (tertiary/aromatic N) is 4. The van der Waals surface area contributed by atoms with Crippen molar-refractivity contribution < 1.29 is 27.3 Å². The van der Waals surface area contributed by atoms with Gasteiger partial charge in [0, 0.05) is 45.7 Å². The minimum Gasteiger partial charge on any atom is -0.486 e. The molecule has 0 amide bonds. The molecule has 61 heavy (non-hydrogen) atoms. The van der Waals surface area contributed by atoms with Crippen LogP contribution in [0.1, 0.15) is 61.1 Å². The van der Waals surface area contributed by atoms with Crippen LogP contribution < -0.4 is 5.19 Å². The van der Waals surface area contributed by atoms with Gasteiger partial charge in [-0.05, 0) is 70.4 Å². The quantitative estimate of drug-likeness (QED) is 0.123. The molecule has 0 saturated carbocycles. The molecule has 0 atom stereocenters. The Hall–Kier alpha value is -5.46. The van der Waals surface area contributed by atoms with Crippen molar-refractivity contribution in [2.45, 2.75) is 79.9 Å². The van der Waals surface area contributed by atoms with Gasteiger partial charge in [0.15, 0.2) is 0 Å². The standard InChI is InChI=1S/C35H28N3O.C19H26NSi.Ir/c1-22-20-21-26-25-15-10-16-27(32(25)39-34(26)36-22)33-37-29-18-8-9-19-30(29)38(33)31-24(23-12-6-5-7-13-23)14-11-17-28(31)35(2,3)4;1-19(2,3)13-16-12-17(15-10-8-7-9-11-15)20-14-18(16)21(4,5)6;/h5-15,17-21H,1-4H3;7-10,12,14H,13H2,1-6H3;/q2*-1;/i;13D2;. The summed E-state index contributed by atoms with van der Waals surface area (Å²) in [5, 5.41) is 3.10. The first-order valence-corrected chi connectivity index (χ1v) is 24.2. The predicted molar refractivity (Wildman–Crippen MR) is 254 cm³/mol. The van der Waals surface area contributed by atoms with Crippen LogP contribution in [0.15, 0.2) is 138 Å². The molecule has 0 unspecified atom stereocenters. The fraction of sp³-hybridized carbons (Fsp3) is 0.241. The van der Waals surface area contributed by atoms with Crippen LogP contribution in [-0.2, 0) is 31.9 Å².